The molecule has 362 valence electrons. The summed E-state index contributed by atoms with van der Waals surface area (Å²) in [6.45, 7) is 23.2. The summed E-state index contributed by atoms with van der Waals surface area (Å²) in [6, 6.07) is 0. The SMILES string of the molecule is CC[C@@H]1[C@@H]2[C@@H](F)[C@H](C)CC[C@]2(C)C2CC[C@@]3(C)C(CCC3[C@H](C)CCC(=O)N=[N+]=[N-])C2[C@@H]1O.CC[C@@H]1[C@@H]2[C@@H](F)[C@H](C)CC[C@]2(C)C2CC[C@@]3(C)C(CCC3[C@H](C)CCN=C=O)C2[C@@H]1O. The van der Waals surface area contributed by atoms with Crippen molar-refractivity contribution in [1.29, 1.82) is 0 Å². The first-order valence-electron chi connectivity index (χ1n) is 26.6. The van der Waals surface area contributed by atoms with Crippen molar-refractivity contribution >= 4 is 12.0 Å². The van der Waals surface area contributed by atoms with Gasteiger partial charge in [-0.3, -0.25) is 4.79 Å². The average Bonchev–Trinajstić information content (AvgIpc) is 3.81. The Hall–Kier alpha value is -1.86. The average molecular weight is 895 g/mol. The normalized spacial score (nSPS) is 51.1. The van der Waals surface area contributed by atoms with Crippen LogP contribution in [0.15, 0.2) is 10.1 Å². The first-order chi connectivity index (χ1) is 30.3. The number of alkyl halides is 2. The molecule has 0 radical (unpaired) electrons. The van der Waals surface area contributed by atoms with E-state index in [-0.39, 0.29) is 75.1 Å². The molecule has 2 N–H and O–H groups in total. The van der Waals surface area contributed by atoms with E-state index >= 15 is 8.78 Å². The highest BCUT2D eigenvalue weighted by molar-refractivity contribution is 5.76. The first kappa shape index (κ1) is 50.0. The number of rotatable bonds is 10. The van der Waals surface area contributed by atoms with Crippen LogP contribution in [0, 0.1) is 116 Å². The van der Waals surface area contributed by atoms with Crippen molar-refractivity contribution in [1.82, 2.24) is 0 Å². The van der Waals surface area contributed by atoms with Gasteiger partial charge in [0, 0.05) is 23.2 Å². The fourth-order valence-corrected chi connectivity index (χ4v) is 19.5. The van der Waals surface area contributed by atoms with Gasteiger partial charge < -0.3 is 10.2 Å². The number of fused-ring (bicyclic) bond motifs is 10. The number of aliphatic hydroxyl groups excluding tert-OH is 2. The van der Waals surface area contributed by atoms with E-state index in [0.717, 1.165) is 83.5 Å². The number of aliphatic imine (C=N–C) groups is 1. The highest BCUT2D eigenvalue weighted by Gasteiger charge is 2.68. The molecule has 8 aliphatic rings. The summed E-state index contributed by atoms with van der Waals surface area (Å²) in [4.78, 5) is 28.7. The van der Waals surface area contributed by atoms with E-state index in [1.54, 1.807) is 6.08 Å². The zero-order chi connectivity index (χ0) is 46.7. The van der Waals surface area contributed by atoms with Crippen LogP contribution in [-0.4, -0.2) is 53.3 Å². The van der Waals surface area contributed by atoms with Crippen LogP contribution in [0.25, 0.3) is 10.4 Å². The lowest BCUT2D eigenvalue weighted by Gasteiger charge is -2.65. The zero-order valence-corrected chi connectivity index (χ0v) is 41.5. The molecule has 8 fully saturated rings. The number of isocyanates is 1. The Labute approximate surface area is 385 Å². The summed E-state index contributed by atoms with van der Waals surface area (Å²) < 4.78 is 31.3. The number of amides is 1. The molecule has 8 aliphatic carbocycles. The molecule has 0 aromatic rings. The maximum atomic E-state index is 15.7. The standard InChI is InChI=1S/C27H44FN3O2.C27H44FNO2/c1-6-17-23-24(28)16(3)11-13-27(23,5)20-12-14-26(4)18(8-9-19(26)22(20)25(17)33)15(2)7-10-21(32)30-31-29;1-6-18-23-24(28)17(3)9-12-27(23,5)21-10-13-26(4)19(16(2)11-14-29-15-30)7-8-20(26)22(21)25(18)31/h15-20,22-25,33H,6-14H2,1-5H3;16-25,31H,6-14H2,1-5H3/t15-,16-,17-,18?,19?,20?,22?,23-,24+,25-,26-,27-;16-,17-,18-,19?,20?,21?,22?,23-,24+,25-,26-,27-/m11/s1. The molecule has 0 bridgehead atoms. The number of halogens is 2. The quantitative estimate of drug-likeness (QED) is 0.0742. The summed E-state index contributed by atoms with van der Waals surface area (Å²) in [5.41, 5.74) is 8.92. The van der Waals surface area contributed by atoms with Gasteiger partial charge in [0.15, 0.2) is 0 Å². The van der Waals surface area contributed by atoms with E-state index < -0.39 is 18.4 Å². The summed E-state index contributed by atoms with van der Waals surface area (Å²) in [6.07, 6.45) is 16.4. The molecule has 8 unspecified atom stereocenters. The van der Waals surface area contributed by atoms with E-state index in [1.807, 2.05) is 0 Å². The Kier molecular flexibility index (Phi) is 15.1. The second kappa shape index (κ2) is 19.3. The van der Waals surface area contributed by atoms with E-state index in [9.17, 15) is 19.8 Å². The van der Waals surface area contributed by atoms with E-state index in [0.29, 0.717) is 66.2 Å². The Bertz CT molecular complexity index is 1760. The van der Waals surface area contributed by atoms with Crippen LogP contribution in [0.5, 0.6) is 0 Å². The second-order valence-corrected chi connectivity index (χ2v) is 25.0. The van der Waals surface area contributed by atoms with Crippen LogP contribution in [0.1, 0.15) is 178 Å². The molecular formula is C54H88F2N4O4. The lowest BCUT2D eigenvalue weighted by atomic mass is 9.40. The summed E-state index contributed by atoms with van der Waals surface area (Å²) in [5, 5.41) is 26.8. The lowest BCUT2D eigenvalue weighted by Crippen LogP contribution is -2.64. The molecule has 8 rings (SSSR count). The molecule has 0 saturated heterocycles. The van der Waals surface area contributed by atoms with Crippen molar-refractivity contribution < 1.29 is 28.6 Å². The molecule has 0 aromatic heterocycles. The lowest BCUT2D eigenvalue weighted by molar-refractivity contribution is -0.215. The van der Waals surface area contributed by atoms with Crippen LogP contribution in [0.2, 0.25) is 0 Å². The van der Waals surface area contributed by atoms with Gasteiger partial charge in [0.25, 0.3) is 0 Å². The van der Waals surface area contributed by atoms with Crippen molar-refractivity contribution in [2.45, 2.75) is 203 Å². The van der Waals surface area contributed by atoms with Crippen LogP contribution in [-0.2, 0) is 9.59 Å². The van der Waals surface area contributed by atoms with Crippen LogP contribution < -0.4 is 0 Å². The highest BCUT2D eigenvalue weighted by Crippen LogP contribution is 2.72. The predicted molar refractivity (Wildman–Crippen MR) is 250 cm³/mol. The smallest absolute Gasteiger partial charge is 0.234 e. The molecule has 0 aliphatic heterocycles. The number of azide groups is 1. The molecule has 24 atom stereocenters. The number of hydrogen-bond acceptors (Lipinski definition) is 5. The van der Waals surface area contributed by atoms with Crippen LogP contribution in [0.3, 0.4) is 0 Å². The zero-order valence-electron chi connectivity index (χ0n) is 41.5. The van der Waals surface area contributed by atoms with E-state index in [1.165, 1.54) is 19.3 Å². The Morgan fingerprint density at radius 1 is 0.688 bits per heavy atom. The van der Waals surface area contributed by atoms with Crippen LogP contribution in [0.4, 0.5) is 8.78 Å². The van der Waals surface area contributed by atoms with E-state index in [2.05, 4.69) is 84.3 Å². The monoisotopic (exact) mass is 895 g/mol. The Balaban J connectivity index is 0.000000192. The summed E-state index contributed by atoms with van der Waals surface area (Å²) in [7, 11) is 0. The van der Waals surface area contributed by atoms with Crippen molar-refractivity contribution in [3.05, 3.63) is 10.4 Å². The third-order valence-electron chi connectivity index (χ3n) is 22.7. The summed E-state index contributed by atoms with van der Waals surface area (Å²) in [5.74, 6) is 4.47. The molecule has 0 heterocycles. The topological polar surface area (TPSA) is 136 Å². The van der Waals surface area contributed by atoms with Gasteiger partial charge >= 0.3 is 0 Å². The maximum Gasteiger partial charge on any atom is 0.234 e. The maximum absolute atomic E-state index is 15.7. The van der Waals surface area contributed by atoms with Crippen molar-refractivity contribution in [2.75, 3.05) is 6.54 Å². The molecule has 1 amide bonds. The molecular weight excluding hydrogens is 807 g/mol. The van der Waals surface area contributed by atoms with Gasteiger partial charge in [-0.05, 0) is 205 Å². The van der Waals surface area contributed by atoms with Gasteiger partial charge in [0.2, 0.25) is 12.0 Å². The van der Waals surface area contributed by atoms with Gasteiger partial charge in [-0.2, -0.15) is 0 Å². The molecule has 10 heteroatoms. The van der Waals surface area contributed by atoms with Gasteiger partial charge in [0.05, 0.1) is 18.8 Å². The minimum absolute atomic E-state index is 0.0107. The molecule has 8 saturated carbocycles. The molecule has 0 spiro atoms. The summed E-state index contributed by atoms with van der Waals surface area (Å²) >= 11 is 0. The minimum Gasteiger partial charge on any atom is -0.393 e. The van der Waals surface area contributed by atoms with Crippen molar-refractivity contribution in [3.8, 4) is 0 Å². The number of hydrogen-bond donors (Lipinski definition) is 2. The number of nitrogens with zero attached hydrogens (tertiary/aromatic N) is 4. The molecule has 64 heavy (non-hydrogen) atoms. The van der Waals surface area contributed by atoms with Gasteiger partial charge in [0.1, 0.15) is 12.3 Å². The highest BCUT2D eigenvalue weighted by atomic mass is 19.1. The van der Waals surface area contributed by atoms with Gasteiger partial charge in [-0.25, -0.2) is 18.6 Å². The number of carbonyl (C=O) groups excluding carboxylic acids is 2. The van der Waals surface area contributed by atoms with Gasteiger partial charge in [-0.15, -0.1) is 0 Å². The predicted octanol–water partition coefficient (Wildman–Crippen LogP) is 13.3. The van der Waals surface area contributed by atoms with Crippen LogP contribution >= 0.6 is 0 Å². The van der Waals surface area contributed by atoms with Gasteiger partial charge in [-0.1, -0.05) is 82.1 Å². The number of carbonyl (C=O) groups is 1. The Morgan fingerprint density at radius 3 is 1.50 bits per heavy atom. The number of aliphatic hydroxyl groups is 2. The fraction of sp³-hybridized carbons (Fsp3) is 0.963. The van der Waals surface area contributed by atoms with Crippen molar-refractivity contribution in [2.24, 2.45) is 126 Å². The van der Waals surface area contributed by atoms with E-state index in [4.69, 9.17) is 5.53 Å². The second-order valence-electron chi connectivity index (χ2n) is 25.0. The molecule has 0 aromatic carbocycles. The fourth-order valence-electron chi connectivity index (χ4n) is 19.5. The largest absolute Gasteiger partial charge is 0.393 e. The third-order valence-corrected chi connectivity index (χ3v) is 22.7. The molecule has 8 nitrogen and oxygen atoms in total. The minimum atomic E-state index is -0.803. The Morgan fingerprint density at radius 2 is 1.09 bits per heavy atom. The van der Waals surface area contributed by atoms with Crippen molar-refractivity contribution in [3.63, 3.8) is 0 Å². The first-order valence-corrected chi connectivity index (χ1v) is 26.6. The third kappa shape index (κ3) is 8.10.